The lowest BCUT2D eigenvalue weighted by molar-refractivity contribution is -0.130. The Morgan fingerprint density at radius 2 is 1.88 bits per heavy atom. The average molecular weight is 349 g/mol. The number of benzene rings is 1. The maximum Gasteiger partial charge on any atom is 0.244 e. The molecule has 0 bridgehead atoms. The fraction of sp³-hybridized carbons (Fsp3) is 0.250. The molecule has 0 aliphatic carbocycles. The molecule has 1 aromatic heterocycles. The molecule has 0 radical (unpaired) electrons. The van der Waals surface area contributed by atoms with Crippen LogP contribution in [0.25, 0.3) is 0 Å². The molecule has 0 aliphatic heterocycles. The second-order valence-corrected chi connectivity index (χ2v) is 7.37. The summed E-state index contributed by atoms with van der Waals surface area (Å²) in [4.78, 5) is 17.5. The van der Waals surface area contributed by atoms with Crippen molar-refractivity contribution in [2.75, 3.05) is 20.6 Å². The number of aromatic hydroxyl groups is 1. The van der Waals surface area contributed by atoms with Gasteiger partial charge in [-0.25, -0.2) is 8.42 Å². The first kappa shape index (κ1) is 17.9. The highest BCUT2D eigenvalue weighted by molar-refractivity contribution is 7.89. The molecule has 1 amide bonds. The van der Waals surface area contributed by atoms with Gasteiger partial charge in [-0.3, -0.25) is 9.78 Å². The summed E-state index contributed by atoms with van der Waals surface area (Å²) < 4.78 is 25.7. The predicted octanol–water partition coefficient (Wildman–Crippen LogP) is 1.07. The van der Waals surface area contributed by atoms with E-state index >= 15 is 0 Å². The number of phenols is 1. The number of likely N-dealkylation sites (N-methyl/N-ethyl adjacent to an activating group) is 2. The van der Waals surface area contributed by atoms with Crippen LogP contribution in [-0.4, -0.2) is 54.3 Å². The number of nitrogens with zero attached hydrogens (tertiary/aromatic N) is 3. The van der Waals surface area contributed by atoms with Crippen molar-refractivity contribution in [3.63, 3.8) is 0 Å². The zero-order valence-corrected chi connectivity index (χ0v) is 14.3. The van der Waals surface area contributed by atoms with E-state index in [2.05, 4.69) is 4.98 Å². The Morgan fingerprint density at radius 1 is 1.17 bits per heavy atom. The van der Waals surface area contributed by atoms with Gasteiger partial charge in [0.05, 0.1) is 6.54 Å². The van der Waals surface area contributed by atoms with Crippen LogP contribution in [0.2, 0.25) is 0 Å². The van der Waals surface area contributed by atoms with Gasteiger partial charge in [0.2, 0.25) is 15.9 Å². The molecule has 2 aromatic rings. The smallest absolute Gasteiger partial charge is 0.244 e. The first-order valence-electron chi connectivity index (χ1n) is 7.19. The molecule has 0 aliphatic rings. The van der Waals surface area contributed by atoms with Crippen LogP contribution in [-0.2, 0) is 21.4 Å². The number of sulfonamides is 1. The molecule has 0 saturated carbocycles. The van der Waals surface area contributed by atoms with Gasteiger partial charge in [-0.15, -0.1) is 0 Å². The lowest BCUT2D eigenvalue weighted by atomic mass is 10.2. The minimum absolute atomic E-state index is 0.0312. The third-order valence-electron chi connectivity index (χ3n) is 3.53. The SMILES string of the molecule is CN(Cc1ccccc1O)C(=O)CN(C)S(=O)(=O)c1cccnc1. The van der Waals surface area contributed by atoms with E-state index in [4.69, 9.17) is 0 Å². The minimum Gasteiger partial charge on any atom is -0.508 e. The maximum absolute atomic E-state index is 12.4. The molecule has 0 atom stereocenters. The van der Waals surface area contributed by atoms with Gasteiger partial charge in [0.25, 0.3) is 0 Å². The predicted molar refractivity (Wildman–Crippen MR) is 88.6 cm³/mol. The van der Waals surface area contributed by atoms with Crippen LogP contribution in [0.5, 0.6) is 5.75 Å². The average Bonchev–Trinajstić information content (AvgIpc) is 2.57. The molecular formula is C16H19N3O4S. The van der Waals surface area contributed by atoms with Crippen molar-refractivity contribution in [3.05, 3.63) is 54.4 Å². The number of hydrogen-bond donors (Lipinski definition) is 1. The number of carbonyl (C=O) groups excluding carboxylic acids is 1. The van der Waals surface area contributed by atoms with Crippen molar-refractivity contribution in [3.8, 4) is 5.75 Å². The summed E-state index contributed by atoms with van der Waals surface area (Å²) in [6, 6.07) is 9.63. The first-order valence-corrected chi connectivity index (χ1v) is 8.63. The van der Waals surface area contributed by atoms with Crippen molar-refractivity contribution >= 4 is 15.9 Å². The van der Waals surface area contributed by atoms with E-state index in [1.807, 2.05) is 0 Å². The second-order valence-electron chi connectivity index (χ2n) is 5.33. The van der Waals surface area contributed by atoms with Gasteiger partial charge in [-0.2, -0.15) is 4.31 Å². The molecule has 0 saturated heterocycles. The standard InChI is InChI=1S/C16H19N3O4S/c1-18(11-13-6-3-4-8-15(13)20)16(21)12-19(2)24(22,23)14-7-5-9-17-10-14/h3-10,20H,11-12H2,1-2H3. The van der Waals surface area contributed by atoms with Crippen LogP contribution in [0, 0.1) is 0 Å². The highest BCUT2D eigenvalue weighted by Gasteiger charge is 2.24. The Morgan fingerprint density at radius 3 is 2.50 bits per heavy atom. The van der Waals surface area contributed by atoms with E-state index in [0.717, 1.165) is 4.31 Å². The number of aromatic nitrogens is 1. The Kier molecular flexibility index (Phi) is 5.53. The quantitative estimate of drug-likeness (QED) is 0.842. The highest BCUT2D eigenvalue weighted by Crippen LogP contribution is 2.18. The summed E-state index contributed by atoms with van der Waals surface area (Å²) >= 11 is 0. The van der Waals surface area contributed by atoms with Gasteiger partial charge in [0.1, 0.15) is 10.6 Å². The van der Waals surface area contributed by atoms with Crippen LogP contribution in [0.15, 0.2) is 53.7 Å². The Balaban J connectivity index is 2.04. The molecular weight excluding hydrogens is 330 g/mol. The van der Waals surface area contributed by atoms with E-state index in [9.17, 15) is 18.3 Å². The number of pyridine rings is 1. The molecule has 7 nitrogen and oxygen atoms in total. The molecule has 0 unspecified atom stereocenters. The van der Waals surface area contributed by atoms with Crippen LogP contribution in [0.4, 0.5) is 0 Å². The molecule has 0 spiro atoms. The second kappa shape index (κ2) is 7.41. The summed E-state index contributed by atoms with van der Waals surface area (Å²) in [6.07, 6.45) is 2.71. The zero-order valence-electron chi connectivity index (χ0n) is 13.5. The summed E-state index contributed by atoms with van der Waals surface area (Å²) in [5.74, 6) is -0.290. The Labute approximate surface area is 141 Å². The van der Waals surface area contributed by atoms with Crippen molar-refractivity contribution in [1.82, 2.24) is 14.2 Å². The van der Waals surface area contributed by atoms with Gasteiger partial charge >= 0.3 is 0 Å². The summed E-state index contributed by atoms with van der Waals surface area (Å²) in [7, 11) is -0.878. The lowest BCUT2D eigenvalue weighted by Crippen LogP contribution is -2.39. The fourth-order valence-electron chi connectivity index (χ4n) is 2.06. The molecule has 1 aromatic carbocycles. The fourth-order valence-corrected chi connectivity index (χ4v) is 3.15. The van der Waals surface area contributed by atoms with Crippen LogP contribution in [0.1, 0.15) is 5.56 Å². The van der Waals surface area contributed by atoms with E-state index in [1.54, 1.807) is 25.2 Å². The topological polar surface area (TPSA) is 90.8 Å². The van der Waals surface area contributed by atoms with E-state index in [1.165, 1.54) is 42.5 Å². The minimum atomic E-state index is -3.77. The number of carbonyl (C=O) groups is 1. The van der Waals surface area contributed by atoms with Crippen molar-refractivity contribution in [1.29, 1.82) is 0 Å². The van der Waals surface area contributed by atoms with E-state index < -0.39 is 10.0 Å². The summed E-state index contributed by atoms with van der Waals surface area (Å²) in [6.45, 7) is -0.117. The van der Waals surface area contributed by atoms with Crippen LogP contribution >= 0.6 is 0 Å². The summed E-state index contributed by atoms with van der Waals surface area (Å²) in [5.41, 5.74) is 0.589. The van der Waals surface area contributed by atoms with Gasteiger partial charge in [0.15, 0.2) is 0 Å². The molecule has 1 N–H and O–H groups in total. The monoisotopic (exact) mass is 349 g/mol. The largest absolute Gasteiger partial charge is 0.508 e. The molecule has 8 heteroatoms. The van der Waals surface area contributed by atoms with Crippen molar-refractivity contribution in [2.45, 2.75) is 11.4 Å². The number of rotatable bonds is 6. The van der Waals surface area contributed by atoms with Gasteiger partial charge < -0.3 is 10.0 Å². The van der Waals surface area contributed by atoms with Crippen molar-refractivity contribution < 1.29 is 18.3 Å². The molecule has 2 rings (SSSR count). The van der Waals surface area contributed by atoms with Crippen molar-refractivity contribution in [2.24, 2.45) is 0 Å². The highest BCUT2D eigenvalue weighted by atomic mass is 32.2. The third kappa shape index (κ3) is 4.09. The van der Waals surface area contributed by atoms with Crippen LogP contribution in [0.3, 0.4) is 0 Å². The number of para-hydroxylation sites is 1. The van der Waals surface area contributed by atoms with E-state index in [-0.39, 0.29) is 29.6 Å². The third-order valence-corrected chi connectivity index (χ3v) is 5.31. The number of amides is 1. The van der Waals surface area contributed by atoms with Crippen LogP contribution < -0.4 is 0 Å². The van der Waals surface area contributed by atoms with Gasteiger partial charge in [-0.05, 0) is 18.2 Å². The Hall–Kier alpha value is -2.45. The maximum atomic E-state index is 12.4. The van der Waals surface area contributed by atoms with Gasteiger partial charge in [-0.1, -0.05) is 18.2 Å². The van der Waals surface area contributed by atoms with E-state index in [0.29, 0.717) is 5.56 Å². The normalized spacial score (nSPS) is 11.5. The molecule has 24 heavy (non-hydrogen) atoms. The molecule has 0 fully saturated rings. The number of hydrogen-bond acceptors (Lipinski definition) is 5. The van der Waals surface area contributed by atoms with Gasteiger partial charge in [0, 0.05) is 38.6 Å². The zero-order chi connectivity index (χ0) is 17.7. The summed E-state index contributed by atoms with van der Waals surface area (Å²) in [5, 5.41) is 9.75. The lowest BCUT2D eigenvalue weighted by Gasteiger charge is -2.22. The molecule has 128 valence electrons. The first-order chi connectivity index (χ1) is 11.3. The number of phenolic OH excluding ortho intramolecular Hbond substituents is 1. The molecule has 1 heterocycles. The Bertz CT molecular complexity index is 809.